The monoisotopic (exact) mass is 236 g/mol. The van der Waals surface area contributed by atoms with Crippen LogP contribution in [-0.2, 0) is 6.42 Å². The summed E-state index contributed by atoms with van der Waals surface area (Å²) in [6, 6.07) is 17.6. The van der Waals surface area contributed by atoms with Crippen LogP contribution in [0.3, 0.4) is 0 Å². The van der Waals surface area contributed by atoms with Crippen LogP contribution in [0.15, 0.2) is 64.8 Å². The van der Waals surface area contributed by atoms with Gasteiger partial charge in [-0.2, -0.15) is 5.11 Å². The molecule has 0 aliphatic carbocycles. The molecule has 0 radical (unpaired) electrons. The van der Waals surface area contributed by atoms with E-state index in [4.69, 9.17) is 0 Å². The van der Waals surface area contributed by atoms with Crippen LogP contribution in [0.2, 0.25) is 0 Å². The van der Waals surface area contributed by atoms with Gasteiger partial charge >= 0.3 is 0 Å². The first kappa shape index (κ1) is 10.8. The van der Waals surface area contributed by atoms with Gasteiger partial charge in [-0.25, -0.2) is 0 Å². The molecule has 0 bridgehead atoms. The molecular weight excluding hydrogens is 224 g/mol. The first-order chi connectivity index (χ1) is 8.84. The Morgan fingerprint density at radius 3 is 2.50 bits per heavy atom. The highest BCUT2D eigenvalue weighted by molar-refractivity contribution is 5.96. The summed E-state index contributed by atoms with van der Waals surface area (Å²) in [6.45, 7) is 0. The second-order valence-electron chi connectivity index (χ2n) is 4.31. The van der Waals surface area contributed by atoms with Crippen molar-refractivity contribution in [1.82, 2.24) is 0 Å². The minimum atomic E-state index is -0.241. The molecule has 3 nitrogen and oxygen atoms in total. The van der Waals surface area contributed by atoms with Crippen LogP contribution < -0.4 is 0 Å². The van der Waals surface area contributed by atoms with Crippen molar-refractivity contribution < 1.29 is 4.79 Å². The Hall–Kier alpha value is -2.29. The first-order valence-electron chi connectivity index (χ1n) is 5.92. The molecule has 0 saturated heterocycles. The molecule has 0 spiro atoms. The van der Waals surface area contributed by atoms with Crippen LogP contribution in [0.25, 0.3) is 0 Å². The van der Waals surface area contributed by atoms with E-state index in [1.54, 1.807) is 0 Å². The van der Waals surface area contributed by atoms with Crippen LogP contribution >= 0.6 is 0 Å². The standard InChI is InChI=1S/C15H12N2O/c18-15-13-9-5-4-8-12(13)14(16-17-15)10-11-6-2-1-3-7-11/h1-9,14H,10H2. The maximum atomic E-state index is 11.6. The Morgan fingerprint density at radius 2 is 1.67 bits per heavy atom. The fourth-order valence-electron chi connectivity index (χ4n) is 2.21. The molecule has 0 saturated carbocycles. The molecule has 1 aliphatic rings. The van der Waals surface area contributed by atoms with E-state index < -0.39 is 0 Å². The Bertz CT molecular complexity index is 605. The number of amides is 1. The maximum absolute atomic E-state index is 11.6. The molecule has 2 aromatic rings. The number of fused-ring (bicyclic) bond motifs is 1. The van der Waals surface area contributed by atoms with Gasteiger partial charge in [0.1, 0.15) is 6.04 Å². The van der Waals surface area contributed by atoms with Gasteiger partial charge in [0.25, 0.3) is 5.91 Å². The van der Waals surface area contributed by atoms with Crippen molar-refractivity contribution in [2.75, 3.05) is 0 Å². The Kier molecular flexibility index (Phi) is 2.73. The molecule has 1 heterocycles. The zero-order chi connectivity index (χ0) is 12.4. The van der Waals surface area contributed by atoms with Crippen molar-refractivity contribution in [2.24, 2.45) is 10.2 Å². The molecule has 1 amide bonds. The zero-order valence-electron chi connectivity index (χ0n) is 9.78. The highest BCUT2D eigenvalue weighted by Gasteiger charge is 2.23. The lowest BCUT2D eigenvalue weighted by atomic mass is 9.94. The van der Waals surface area contributed by atoms with Crippen molar-refractivity contribution in [2.45, 2.75) is 12.5 Å². The number of hydrogen-bond acceptors (Lipinski definition) is 2. The highest BCUT2D eigenvalue weighted by atomic mass is 16.1. The van der Waals surface area contributed by atoms with Crippen molar-refractivity contribution in [3.8, 4) is 0 Å². The van der Waals surface area contributed by atoms with E-state index in [2.05, 4.69) is 22.4 Å². The summed E-state index contributed by atoms with van der Waals surface area (Å²) < 4.78 is 0. The molecule has 0 fully saturated rings. The van der Waals surface area contributed by atoms with Crippen molar-refractivity contribution >= 4 is 5.91 Å². The van der Waals surface area contributed by atoms with Gasteiger partial charge in [0, 0.05) is 12.0 Å². The average molecular weight is 236 g/mol. The third kappa shape index (κ3) is 1.95. The van der Waals surface area contributed by atoms with E-state index in [1.807, 2.05) is 42.5 Å². The SMILES string of the molecule is O=C1N=NC(Cc2ccccc2)c2ccccc21. The smallest absolute Gasteiger partial charge is 0.265 e. The van der Waals surface area contributed by atoms with E-state index in [-0.39, 0.29) is 11.9 Å². The molecule has 88 valence electrons. The molecule has 1 atom stereocenters. The molecular formula is C15H12N2O. The molecule has 1 unspecified atom stereocenters. The summed E-state index contributed by atoms with van der Waals surface area (Å²) in [5.74, 6) is -0.241. The van der Waals surface area contributed by atoms with E-state index in [0.29, 0.717) is 5.56 Å². The minimum Gasteiger partial charge on any atom is -0.265 e. The third-order valence-electron chi connectivity index (χ3n) is 3.11. The number of carbonyl (C=O) groups excluding carboxylic acids is 1. The van der Waals surface area contributed by atoms with Gasteiger partial charge in [-0.15, -0.1) is 5.11 Å². The average Bonchev–Trinajstić information content (AvgIpc) is 2.44. The fraction of sp³-hybridized carbons (Fsp3) is 0.133. The Morgan fingerprint density at radius 1 is 0.944 bits per heavy atom. The van der Waals surface area contributed by atoms with Crippen LogP contribution in [-0.4, -0.2) is 5.91 Å². The predicted molar refractivity (Wildman–Crippen MR) is 68.5 cm³/mol. The summed E-state index contributed by atoms with van der Waals surface area (Å²) >= 11 is 0. The molecule has 0 aromatic heterocycles. The van der Waals surface area contributed by atoms with E-state index >= 15 is 0 Å². The normalized spacial score (nSPS) is 17.6. The molecule has 3 rings (SSSR count). The number of rotatable bonds is 2. The van der Waals surface area contributed by atoms with Crippen LogP contribution in [0.4, 0.5) is 0 Å². The van der Waals surface area contributed by atoms with Crippen molar-refractivity contribution in [3.05, 3.63) is 71.3 Å². The van der Waals surface area contributed by atoms with Gasteiger partial charge in [-0.3, -0.25) is 4.79 Å². The zero-order valence-corrected chi connectivity index (χ0v) is 9.78. The van der Waals surface area contributed by atoms with E-state index in [1.165, 1.54) is 5.56 Å². The molecule has 18 heavy (non-hydrogen) atoms. The number of carbonyl (C=O) groups is 1. The van der Waals surface area contributed by atoms with Gasteiger partial charge in [0.15, 0.2) is 0 Å². The fourth-order valence-corrected chi connectivity index (χ4v) is 2.21. The van der Waals surface area contributed by atoms with Crippen LogP contribution in [0.5, 0.6) is 0 Å². The topological polar surface area (TPSA) is 41.8 Å². The first-order valence-corrected chi connectivity index (χ1v) is 5.92. The second kappa shape index (κ2) is 4.53. The summed E-state index contributed by atoms with van der Waals surface area (Å²) in [6.07, 6.45) is 0.772. The largest absolute Gasteiger partial charge is 0.295 e. The lowest BCUT2D eigenvalue weighted by Crippen LogP contribution is -2.11. The lowest BCUT2D eigenvalue weighted by molar-refractivity contribution is 0.0984. The third-order valence-corrected chi connectivity index (χ3v) is 3.11. The number of hydrogen-bond donors (Lipinski definition) is 0. The number of azo groups is 1. The second-order valence-corrected chi connectivity index (χ2v) is 4.31. The predicted octanol–water partition coefficient (Wildman–Crippen LogP) is 3.58. The van der Waals surface area contributed by atoms with E-state index in [9.17, 15) is 4.79 Å². The Balaban J connectivity index is 1.95. The summed E-state index contributed by atoms with van der Waals surface area (Å²) in [4.78, 5) is 11.6. The Labute approximate surface area is 105 Å². The minimum absolute atomic E-state index is 0.0544. The van der Waals surface area contributed by atoms with Gasteiger partial charge in [0.2, 0.25) is 0 Å². The van der Waals surface area contributed by atoms with Gasteiger partial charge in [0.05, 0.1) is 0 Å². The lowest BCUT2D eigenvalue weighted by Gasteiger charge is -2.17. The van der Waals surface area contributed by atoms with Gasteiger partial charge in [-0.1, -0.05) is 48.5 Å². The molecule has 0 N–H and O–H groups in total. The summed E-state index contributed by atoms with van der Waals surface area (Å²) in [5, 5.41) is 7.86. The summed E-state index contributed by atoms with van der Waals surface area (Å²) in [5.41, 5.74) is 2.85. The van der Waals surface area contributed by atoms with Crippen molar-refractivity contribution in [3.63, 3.8) is 0 Å². The summed E-state index contributed by atoms with van der Waals surface area (Å²) in [7, 11) is 0. The molecule has 3 heteroatoms. The highest BCUT2D eigenvalue weighted by Crippen LogP contribution is 2.29. The van der Waals surface area contributed by atoms with Crippen molar-refractivity contribution in [1.29, 1.82) is 0 Å². The van der Waals surface area contributed by atoms with Crippen LogP contribution in [0.1, 0.15) is 27.5 Å². The molecule has 1 aliphatic heterocycles. The quantitative estimate of drug-likeness (QED) is 0.785. The maximum Gasteiger partial charge on any atom is 0.295 e. The number of benzene rings is 2. The van der Waals surface area contributed by atoms with Crippen LogP contribution in [0, 0.1) is 0 Å². The van der Waals surface area contributed by atoms with E-state index in [0.717, 1.165) is 12.0 Å². The molecule has 2 aromatic carbocycles. The van der Waals surface area contributed by atoms with Gasteiger partial charge in [-0.05, 0) is 17.2 Å². The van der Waals surface area contributed by atoms with Gasteiger partial charge < -0.3 is 0 Å². The number of nitrogens with zero attached hydrogens (tertiary/aromatic N) is 2.